The van der Waals surface area contributed by atoms with Crippen LogP contribution in [-0.2, 0) is 16.2 Å². The van der Waals surface area contributed by atoms with Gasteiger partial charge in [0.2, 0.25) is 0 Å². The maximum atomic E-state index is 10.7. The first-order chi connectivity index (χ1) is 6.33. The van der Waals surface area contributed by atoms with Gasteiger partial charge < -0.3 is 4.74 Å². The zero-order valence-electron chi connectivity index (χ0n) is 7.28. The largest absolute Gasteiger partial charge is 0.448 e. The number of carbonyl (C=O) groups excluding carboxylic acids is 1. The molecular formula is C8H11NO3S. The molecule has 1 aromatic rings. The predicted molar refractivity (Wildman–Crippen MR) is 49.3 cm³/mol. The maximum absolute atomic E-state index is 10.7. The Balaban J connectivity index is 2.11. The van der Waals surface area contributed by atoms with Crippen LogP contribution >= 0.6 is 11.3 Å². The molecule has 0 saturated carbocycles. The van der Waals surface area contributed by atoms with E-state index in [4.69, 9.17) is 4.84 Å². The van der Waals surface area contributed by atoms with Crippen LogP contribution in [-0.4, -0.2) is 12.7 Å². The number of carbonyl (C=O) groups is 1. The third-order valence-electron chi connectivity index (χ3n) is 1.23. The number of hydroxylamine groups is 1. The summed E-state index contributed by atoms with van der Waals surface area (Å²) < 4.78 is 4.59. The fourth-order valence-electron chi connectivity index (χ4n) is 0.721. The van der Waals surface area contributed by atoms with E-state index in [1.165, 1.54) is 0 Å². The van der Waals surface area contributed by atoms with Crippen molar-refractivity contribution in [3.63, 3.8) is 0 Å². The summed E-state index contributed by atoms with van der Waals surface area (Å²) in [6.07, 6.45) is -0.556. The van der Waals surface area contributed by atoms with Gasteiger partial charge in [-0.1, -0.05) is 6.07 Å². The molecule has 4 nitrogen and oxygen atoms in total. The molecule has 0 unspecified atom stereocenters. The molecule has 0 aliphatic rings. The summed E-state index contributed by atoms with van der Waals surface area (Å²) in [4.78, 5) is 16.6. The standard InChI is InChI=1S/C8H11NO3S/c1-2-11-8(10)9-12-6-7-4-3-5-13-7/h3-5H,2,6H2,1H3,(H,9,10). The van der Waals surface area contributed by atoms with Gasteiger partial charge in [-0.3, -0.25) is 4.84 Å². The van der Waals surface area contributed by atoms with E-state index in [0.717, 1.165) is 4.88 Å². The summed E-state index contributed by atoms with van der Waals surface area (Å²) in [5.41, 5.74) is 2.17. The molecule has 0 radical (unpaired) electrons. The Morgan fingerprint density at radius 3 is 3.15 bits per heavy atom. The maximum Gasteiger partial charge on any atom is 0.431 e. The van der Waals surface area contributed by atoms with Gasteiger partial charge in [0.05, 0.1) is 6.61 Å². The normalized spacial score (nSPS) is 9.62. The van der Waals surface area contributed by atoms with E-state index in [1.54, 1.807) is 18.3 Å². The SMILES string of the molecule is CCOC(=O)NOCc1cccs1. The van der Waals surface area contributed by atoms with Crippen molar-refractivity contribution in [2.24, 2.45) is 0 Å². The van der Waals surface area contributed by atoms with Gasteiger partial charge in [0, 0.05) is 4.88 Å². The number of hydrogen-bond acceptors (Lipinski definition) is 4. The van der Waals surface area contributed by atoms with Crippen LogP contribution < -0.4 is 5.48 Å². The number of hydrogen-bond donors (Lipinski definition) is 1. The van der Waals surface area contributed by atoms with Gasteiger partial charge in [0.15, 0.2) is 0 Å². The molecule has 5 heteroatoms. The van der Waals surface area contributed by atoms with Gasteiger partial charge in [-0.15, -0.1) is 11.3 Å². The van der Waals surface area contributed by atoms with E-state index in [-0.39, 0.29) is 0 Å². The Labute approximate surface area is 80.4 Å². The first-order valence-electron chi connectivity index (χ1n) is 3.90. The third kappa shape index (κ3) is 3.91. The number of nitrogens with one attached hydrogen (secondary N) is 1. The minimum absolute atomic E-state index is 0.341. The fourth-order valence-corrected chi connectivity index (χ4v) is 1.34. The molecule has 1 N–H and O–H groups in total. The second-order valence-electron chi connectivity index (χ2n) is 2.19. The lowest BCUT2D eigenvalue weighted by molar-refractivity contribution is 0.0210. The minimum Gasteiger partial charge on any atom is -0.448 e. The minimum atomic E-state index is -0.556. The number of amides is 1. The summed E-state index contributed by atoms with van der Waals surface area (Å²) in [7, 11) is 0. The molecule has 0 aliphatic carbocycles. The van der Waals surface area contributed by atoms with Crippen molar-refractivity contribution in [2.45, 2.75) is 13.5 Å². The van der Waals surface area contributed by atoms with E-state index >= 15 is 0 Å². The van der Waals surface area contributed by atoms with Crippen molar-refractivity contribution >= 4 is 17.4 Å². The molecular weight excluding hydrogens is 190 g/mol. The van der Waals surface area contributed by atoms with E-state index in [2.05, 4.69) is 10.2 Å². The monoisotopic (exact) mass is 201 g/mol. The molecule has 72 valence electrons. The van der Waals surface area contributed by atoms with Gasteiger partial charge in [0.1, 0.15) is 6.61 Å². The fraction of sp³-hybridized carbons (Fsp3) is 0.375. The van der Waals surface area contributed by atoms with Crippen LogP contribution in [0.4, 0.5) is 4.79 Å². The van der Waals surface area contributed by atoms with Gasteiger partial charge in [-0.25, -0.2) is 4.79 Å². The van der Waals surface area contributed by atoms with Gasteiger partial charge in [-0.2, -0.15) is 5.48 Å². The molecule has 0 spiro atoms. The third-order valence-corrected chi connectivity index (χ3v) is 2.08. The summed E-state index contributed by atoms with van der Waals surface area (Å²) in [5, 5.41) is 1.95. The molecule has 1 aromatic heterocycles. The van der Waals surface area contributed by atoms with Gasteiger partial charge in [-0.05, 0) is 18.4 Å². The Kier molecular flexibility index (Phi) is 4.28. The van der Waals surface area contributed by atoms with Crippen LogP contribution in [0.2, 0.25) is 0 Å². The van der Waals surface area contributed by atoms with Crippen molar-refractivity contribution in [2.75, 3.05) is 6.61 Å². The molecule has 0 bridgehead atoms. The Morgan fingerprint density at radius 1 is 1.69 bits per heavy atom. The molecule has 1 rings (SSSR count). The number of ether oxygens (including phenoxy) is 1. The van der Waals surface area contributed by atoms with Crippen LogP contribution in [0.1, 0.15) is 11.8 Å². The second kappa shape index (κ2) is 5.55. The molecule has 0 saturated heterocycles. The van der Waals surface area contributed by atoms with E-state index in [0.29, 0.717) is 13.2 Å². The first kappa shape index (κ1) is 10.0. The van der Waals surface area contributed by atoms with E-state index in [9.17, 15) is 4.79 Å². The lowest BCUT2D eigenvalue weighted by atomic mass is 10.5. The Morgan fingerprint density at radius 2 is 2.54 bits per heavy atom. The molecule has 1 amide bonds. The topological polar surface area (TPSA) is 47.6 Å². The lowest BCUT2D eigenvalue weighted by Gasteiger charge is -2.03. The smallest absolute Gasteiger partial charge is 0.431 e. The van der Waals surface area contributed by atoms with Crippen LogP contribution in [0, 0.1) is 0 Å². The highest BCUT2D eigenvalue weighted by Crippen LogP contribution is 2.08. The van der Waals surface area contributed by atoms with E-state index < -0.39 is 6.09 Å². The van der Waals surface area contributed by atoms with Crippen LogP contribution in [0.15, 0.2) is 17.5 Å². The summed E-state index contributed by atoms with van der Waals surface area (Å²) in [6.45, 7) is 2.45. The van der Waals surface area contributed by atoms with Crippen molar-refractivity contribution < 1.29 is 14.4 Å². The second-order valence-corrected chi connectivity index (χ2v) is 3.22. The predicted octanol–water partition coefficient (Wildman–Crippen LogP) is 1.93. The molecule has 0 atom stereocenters. The highest BCUT2D eigenvalue weighted by atomic mass is 32.1. The average molecular weight is 201 g/mol. The summed E-state index contributed by atoms with van der Waals surface area (Å²) in [6, 6.07) is 3.85. The Bertz CT molecular complexity index is 248. The number of rotatable bonds is 4. The molecule has 13 heavy (non-hydrogen) atoms. The van der Waals surface area contributed by atoms with E-state index in [1.807, 2.05) is 17.5 Å². The highest BCUT2D eigenvalue weighted by molar-refractivity contribution is 7.09. The van der Waals surface area contributed by atoms with Crippen LogP contribution in [0.5, 0.6) is 0 Å². The molecule has 0 aliphatic heterocycles. The summed E-state index contributed by atoms with van der Waals surface area (Å²) >= 11 is 1.57. The van der Waals surface area contributed by atoms with Crippen molar-refractivity contribution in [1.82, 2.24) is 5.48 Å². The number of thiophene rings is 1. The average Bonchev–Trinajstić information content (AvgIpc) is 2.57. The highest BCUT2D eigenvalue weighted by Gasteiger charge is 1.99. The quantitative estimate of drug-likeness (QED) is 0.757. The van der Waals surface area contributed by atoms with Crippen molar-refractivity contribution in [1.29, 1.82) is 0 Å². The summed E-state index contributed by atoms with van der Waals surface area (Å²) in [5.74, 6) is 0. The van der Waals surface area contributed by atoms with Crippen LogP contribution in [0.25, 0.3) is 0 Å². The molecule has 0 aromatic carbocycles. The first-order valence-corrected chi connectivity index (χ1v) is 4.78. The molecule has 1 heterocycles. The van der Waals surface area contributed by atoms with Gasteiger partial charge in [0.25, 0.3) is 0 Å². The zero-order valence-corrected chi connectivity index (χ0v) is 8.10. The Hall–Kier alpha value is -1.07. The van der Waals surface area contributed by atoms with Crippen LogP contribution in [0.3, 0.4) is 0 Å². The zero-order chi connectivity index (χ0) is 9.52. The van der Waals surface area contributed by atoms with Crippen molar-refractivity contribution in [3.05, 3.63) is 22.4 Å². The lowest BCUT2D eigenvalue weighted by Crippen LogP contribution is -2.24. The van der Waals surface area contributed by atoms with Gasteiger partial charge >= 0.3 is 6.09 Å². The van der Waals surface area contributed by atoms with Crippen molar-refractivity contribution in [3.8, 4) is 0 Å². The molecule has 0 fully saturated rings.